The molecule has 1 atom stereocenters. The second-order valence-corrected chi connectivity index (χ2v) is 5.81. The third-order valence-electron chi connectivity index (χ3n) is 2.60. The molecule has 3 nitrogen and oxygen atoms in total. The summed E-state index contributed by atoms with van der Waals surface area (Å²) in [6.45, 7) is 4.04. The number of nitrogens with one attached hydrogen (secondary N) is 1. The molecule has 1 aromatic carbocycles. The van der Waals surface area contributed by atoms with Gasteiger partial charge in [-0.2, -0.15) is 11.8 Å². The Hall–Kier alpha value is -1.03. The van der Waals surface area contributed by atoms with Crippen LogP contribution < -0.4 is 15.8 Å². The molecular formula is C13H20N2OS. The average Bonchev–Trinajstić information content (AvgIpc) is 2.67. The molecule has 1 saturated heterocycles. The largest absolute Gasteiger partial charge is 0.491 e. The summed E-state index contributed by atoms with van der Waals surface area (Å²) in [6.07, 6.45) is 1.39. The van der Waals surface area contributed by atoms with Crippen LogP contribution in [0.4, 0.5) is 11.4 Å². The molecule has 0 amide bonds. The van der Waals surface area contributed by atoms with E-state index in [0.29, 0.717) is 6.04 Å². The molecule has 0 saturated carbocycles. The van der Waals surface area contributed by atoms with E-state index in [2.05, 4.69) is 5.32 Å². The Kier molecular flexibility index (Phi) is 4.05. The highest BCUT2D eigenvalue weighted by atomic mass is 32.2. The molecule has 1 heterocycles. The van der Waals surface area contributed by atoms with Crippen molar-refractivity contribution in [3.8, 4) is 5.75 Å². The molecule has 17 heavy (non-hydrogen) atoms. The lowest BCUT2D eigenvalue weighted by molar-refractivity contribution is 0.242. The maximum Gasteiger partial charge on any atom is 0.123 e. The zero-order valence-corrected chi connectivity index (χ0v) is 11.2. The molecule has 0 aliphatic carbocycles. The molecule has 1 unspecified atom stereocenters. The summed E-state index contributed by atoms with van der Waals surface area (Å²) in [6, 6.07) is 6.43. The van der Waals surface area contributed by atoms with E-state index in [1.54, 1.807) is 0 Å². The van der Waals surface area contributed by atoms with Crippen LogP contribution in [0.15, 0.2) is 18.2 Å². The van der Waals surface area contributed by atoms with Crippen LogP contribution >= 0.6 is 11.8 Å². The van der Waals surface area contributed by atoms with Gasteiger partial charge in [0.1, 0.15) is 5.75 Å². The van der Waals surface area contributed by atoms with Crippen LogP contribution in [0.5, 0.6) is 5.75 Å². The van der Waals surface area contributed by atoms with E-state index in [1.165, 1.54) is 17.9 Å². The molecule has 0 aromatic heterocycles. The fourth-order valence-electron chi connectivity index (χ4n) is 1.93. The molecular weight excluding hydrogens is 232 g/mol. The third kappa shape index (κ3) is 3.73. The Morgan fingerprint density at radius 1 is 1.41 bits per heavy atom. The molecule has 1 fully saturated rings. The first kappa shape index (κ1) is 12.4. The van der Waals surface area contributed by atoms with E-state index < -0.39 is 0 Å². The van der Waals surface area contributed by atoms with Gasteiger partial charge in [0.05, 0.1) is 6.10 Å². The third-order valence-corrected chi connectivity index (χ3v) is 3.76. The predicted octanol–water partition coefficient (Wildman–Crippen LogP) is 2.97. The topological polar surface area (TPSA) is 47.3 Å². The van der Waals surface area contributed by atoms with E-state index in [0.717, 1.165) is 17.1 Å². The lowest BCUT2D eigenvalue weighted by Crippen LogP contribution is -2.18. The molecule has 0 radical (unpaired) electrons. The highest BCUT2D eigenvalue weighted by Gasteiger charge is 2.15. The molecule has 1 aromatic rings. The van der Waals surface area contributed by atoms with Crippen LogP contribution in [-0.4, -0.2) is 23.7 Å². The SMILES string of the molecule is CC(C)Oc1cc(N)cc(NC2CCSC2)c1. The molecule has 0 bridgehead atoms. The van der Waals surface area contributed by atoms with Gasteiger partial charge >= 0.3 is 0 Å². The minimum absolute atomic E-state index is 0.173. The number of rotatable bonds is 4. The highest BCUT2D eigenvalue weighted by molar-refractivity contribution is 7.99. The summed E-state index contributed by atoms with van der Waals surface area (Å²) in [5.74, 6) is 3.26. The zero-order valence-electron chi connectivity index (χ0n) is 10.4. The molecule has 1 aliphatic rings. The lowest BCUT2D eigenvalue weighted by Gasteiger charge is -2.16. The highest BCUT2D eigenvalue weighted by Crippen LogP contribution is 2.26. The van der Waals surface area contributed by atoms with Crippen molar-refractivity contribution in [3.63, 3.8) is 0 Å². The Labute approximate surface area is 107 Å². The first-order valence-corrected chi connectivity index (χ1v) is 7.20. The van der Waals surface area contributed by atoms with E-state index in [-0.39, 0.29) is 6.10 Å². The molecule has 94 valence electrons. The Morgan fingerprint density at radius 3 is 2.88 bits per heavy atom. The van der Waals surface area contributed by atoms with Gasteiger partial charge in [-0.3, -0.25) is 0 Å². The Bertz CT molecular complexity index is 376. The minimum Gasteiger partial charge on any atom is -0.491 e. The van der Waals surface area contributed by atoms with E-state index in [9.17, 15) is 0 Å². The molecule has 0 spiro atoms. The van der Waals surface area contributed by atoms with E-state index in [1.807, 2.05) is 43.8 Å². The van der Waals surface area contributed by atoms with Gasteiger partial charge in [-0.15, -0.1) is 0 Å². The number of benzene rings is 1. The van der Waals surface area contributed by atoms with Crippen molar-refractivity contribution in [1.82, 2.24) is 0 Å². The van der Waals surface area contributed by atoms with Gasteiger partial charge in [0.2, 0.25) is 0 Å². The second-order valence-electron chi connectivity index (χ2n) is 4.66. The van der Waals surface area contributed by atoms with Gasteiger partial charge in [0, 0.05) is 35.3 Å². The number of nitrogens with two attached hydrogens (primary N) is 1. The van der Waals surface area contributed by atoms with Crippen molar-refractivity contribution in [1.29, 1.82) is 0 Å². The molecule has 2 rings (SSSR count). The summed E-state index contributed by atoms with van der Waals surface area (Å²) < 4.78 is 5.67. The fraction of sp³-hybridized carbons (Fsp3) is 0.538. The van der Waals surface area contributed by atoms with Gasteiger partial charge < -0.3 is 15.8 Å². The van der Waals surface area contributed by atoms with Crippen LogP contribution in [0.3, 0.4) is 0 Å². The van der Waals surface area contributed by atoms with Crippen molar-refractivity contribution >= 4 is 23.1 Å². The lowest BCUT2D eigenvalue weighted by atomic mass is 10.2. The van der Waals surface area contributed by atoms with Crippen LogP contribution in [0.25, 0.3) is 0 Å². The molecule has 3 N–H and O–H groups in total. The van der Waals surface area contributed by atoms with Crippen molar-refractivity contribution in [2.75, 3.05) is 22.6 Å². The van der Waals surface area contributed by atoms with Gasteiger partial charge in [0.25, 0.3) is 0 Å². The summed E-state index contributed by atoms with van der Waals surface area (Å²) in [4.78, 5) is 0. The Morgan fingerprint density at radius 2 is 2.24 bits per heavy atom. The number of nitrogen functional groups attached to an aromatic ring is 1. The van der Waals surface area contributed by atoms with Crippen LogP contribution in [0.2, 0.25) is 0 Å². The standard InChI is InChI=1S/C13H20N2OS/c1-9(2)16-13-6-10(14)5-12(7-13)15-11-3-4-17-8-11/h5-7,9,11,15H,3-4,8,14H2,1-2H3. The number of thioether (sulfide) groups is 1. The fourth-order valence-corrected chi connectivity index (χ4v) is 3.08. The maximum absolute atomic E-state index is 5.88. The van der Waals surface area contributed by atoms with Crippen molar-refractivity contribution in [2.45, 2.75) is 32.4 Å². The number of hydrogen-bond acceptors (Lipinski definition) is 4. The number of anilines is 2. The number of ether oxygens (including phenoxy) is 1. The quantitative estimate of drug-likeness (QED) is 0.809. The van der Waals surface area contributed by atoms with Gasteiger partial charge in [-0.25, -0.2) is 0 Å². The monoisotopic (exact) mass is 252 g/mol. The van der Waals surface area contributed by atoms with Crippen molar-refractivity contribution < 1.29 is 4.74 Å². The van der Waals surface area contributed by atoms with Crippen LogP contribution in [0, 0.1) is 0 Å². The summed E-state index contributed by atoms with van der Waals surface area (Å²) in [5.41, 5.74) is 7.69. The normalized spacial score (nSPS) is 19.6. The first-order valence-electron chi connectivity index (χ1n) is 6.05. The average molecular weight is 252 g/mol. The van der Waals surface area contributed by atoms with E-state index in [4.69, 9.17) is 10.5 Å². The summed E-state index contributed by atoms with van der Waals surface area (Å²) >= 11 is 2.00. The zero-order chi connectivity index (χ0) is 12.3. The maximum atomic E-state index is 5.88. The van der Waals surface area contributed by atoms with Crippen LogP contribution in [0.1, 0.15) is 20.3 Å². The smallest absolute Gasteiger partial charge is 0.123 e. The van der Waals surface area contributed by atoms with Gasteiger partial charge in [-0.1, -0.05) is 0 Å². The summed E-state index contributed by atoms with van der Waals surface area (Å²) in [7, 11) is 0. The van der Waals surface area contributed by atoms with Crippen LogP contribution in [-0.2, 0) is 0 Å². The molecule has 1 aliphatic heterocycles. The Balaban J connectivity index is 2.07. The predicted molar refractivity (Wildman–Crippen MR) is 76.0 cm³/mol. The first-order chi connectivity index (χ1) is 8.13. The molecule has 4 heteroatoms. The van der Waals surface area contributed by atoms with Crippen molar-refractivity contribution in [3.05, 3.63) is 18.2 Å². The number of hydrogen-bond donors (Lipinski definition) is 2. The van der Waals surface area contributed by atoms with Gasteiger partial charge in [-0.05, 0) is 32.1 Å². The second kappa shape index (κ2) is 5.54. The van der Waals surface area contributed by atoms with Gasteiger partial charge in [0.15, 0.2) is 0 Å². The van der Waals surface area contributed by atoms with Crippen molar-refractivity contribution in [2.24, 2.45) is 0 Å². The summed E-state index contributed by atoms with van der Waals surface area (Å²) in [5, 5.41) is 3.51. The minimum atomic E-state index is 0.173. The van der Waals surface area contributed by atoms with E-state index >= 15 is 0 Å².